The number of carbonyl (C=O) groups excluding carboxylic acids is 1. The van der Waals surface area contributed by atoms with Gasteiger partial charge in [0.05, 0.1) is 10.9 Å². The molecule has 8 nitrogen and oxygen atoms in total. The lowest BCUT2D eigenvalue weighted by Crippen LogP contribution is -2.50. The normalized spacial score (nSPS) is 14.5. The lowest BCUT2D eigenvalue weighted by molar-refractivity contribution is 0.0736. The predicted molar refractivity (Wildman–Crippen MR) is 102 cm³/mol. The van der Waals surface area contributed by atoms with E-state index < -0.39 is 17.2 Å². The Hall–Kier alpha value is -3.36. The highest BCUT2D eigenvalue weighted by molar-refractivity contribution is 5.95. The van der Waals surface area contributed by atoms with E-state index in [4.69, 9.17) is 0 Å². The highest BCUT2D eigenvalue weighted by Gasteiger charge is 2.27. The van der Waals surface area contributed by atoms with E-state index >= 15 is 0 Å². The molecule has 1 aliphatic rings. The summed E-state index contributed by atoms with van der Waals surface area (Å²) < 4.78 is 15.2. The van der Waals surface area contributed by atoms with Crippen molar-refractivity contribution in [3.05, 3.63) is 58.4 Å². The van der Waals surface area contributed by atoms with Crippen LogP contribution in [-0.4, -0.2) is 56.7 Å². The summed E-state index contributed by atoms with van der Waals surface area (Å²) in [5.74, 6) is -0.345. The zero-order chi connectivity index (χ0) is 19.7. The Labute approximate surface area is 160 Å². The maximum atomic E-state index is 13.7. The third kappa shape index (κ3) is 3.19. The number of hydrogen-bond donors (Lipinski definition) is 0. The number of halogens is 1. The van der Waals surface area contributed by atoms with E-state index in [-0.39, 0.29) is 11.1 Å². The van der Waals surface area contributed by atoms with Crippen molar-refractivity contribution >= 4 is 22.8 Å². The summed E-state index contributed by atoms with van der Waals surface area (Å²) in [7, 11) is 0. The van der Waals surface area contributed by atoms with E-state index in [9.17, 15) is 14.0 Å². The molecule has 2 aromatic heterocycles. The zero-order valence-electron chi connectivity index (χ0n) is 15.4. The maximum Gasteiger partial charge on any atom is 0.278 e. The number of anilines is 1. The third-order valence-electron chi connectivity index (χ3n) is 4.82. The first-order valence-electron chi connectivity index (χ1n) is 9.10. The van der Waals surface area contributed by atoms with E-state index in [1.54, 1.807) is 28.0 Å². The molecule has 0 saturated carbocycles. The molecule has 0 N–H and O–H groups in total. The van der Waals surface area contributed by atoms with Crippen LogP contribution in [0.15, 0.2) is 41.5 Å². The number of amides is 1. The van der Waals surface area contributed by atoms with Crippen molar-refractivity contribution in [1.82, 2.24) is 24.6 Å². The Morgan fingerprint density at radius 2 is 1.86 bits per heavy atom. The van der Waals surface area contributed by atoms with Crippen LogP contribution in [0.2, 0.25) is 0 Å². The van der Waals surface area contributed by atoms with Gasteiger partial charge >= 0.3 is 0 Å². The number of nitrogens with zero attached hydrogens (tertiary/aromatic N) is 6. The highest BCUT2D eigenvalue weighted by Crippen LogP contribution is 2.15. The van der Waals surface area contributed by atoms with Crippen molar-refractivity contribution in [3.63, 3.8) is 0 Å². The standard InChI is InChI=1S/C19H19FN6O2/c1-2-26-15-5-4-13(20)12-14(15)17(27)16(23-26)18(28)24-8-10-25(11-9-24)19-21-6-3-7-22-19/h3-7,12H,2,8-11H2,1H3. The molecule has 0 aliphatic carbocycles. The molecule has 3 aromatic rings. The minimum absolute atomic E-state index is 0.163. The van der Waals surface area contributed by atoms with Gasteiger partial charge in [-0.25, -0.2) is 14.4 Å². The van der Waals surface area contributed by atoms with Crippen LogP contribution in [0.5, 0.6) is 0 Å². The van der Waals surface area contributed by atoms with E-state index in [2.05, 4.69) is 15.1 Å². The van der Waals surface area contributed by atoms with Crippen LogP contribution in [0, 0.1) is 5.82 Å². The van der Waals surface area contributed by atoms with Gasteiger partial charge in [-0.15, -0.1) is 0 Å². The van der Waals surface area contributed by atoms with E-state index in [0.717, 1.165) is 6.07 Å². The topological polar surface area (TPSA) is 84.2 Å². The number of aryl methyl sites for hydroxylation is 1. The molecule has 1 fully saturated rings. The number of carbonyl (C=O) groups is 1. The second-order valence-electron chi connectivity index (χ2n) is 6.48. The minimum atomic E-state index is -0.543. The quantitative estimate of drug-likeness (QED) is 0.679. The van der Waals surface area contributed by atoms with Crippen molar-refractivity contribution in [1.29, 1.82) is 0 Å². The monoisotopic (exact) mass is 382 g/mol. The molecule has 1 amide bonds. The van der Waals surface area contributed by atoms with Gasteiger partial charge in [0.2, 0.25) is 11.4 Å². The van der Waals surface area contributed by atoms with Crippen LogP contribution >= 0.6 is 0 Å². The molecule has 1 aliphatic heterocycles. The van der Waals surface area contributed by atoms with E-state index in [1.807, 2.05) is 11.8 Å². The average molecular weight is 382 g/mol. The average Bonchev–Trinajstić information content (AvgIpc) is 2.74. The maximum absolute atomic E-state index is 13.7. The van der Waals surface area contributed by atoms with Gasteiger partial charge in [-0.3, -0.25) is 14.3 Å². The third-order valence-corrected chi connectivity index (χ3v) is 4.82. The van der Waals surface area contributed by atoms with Gasteiger partial charge in [0.1, 0.15) is 5.82 Å². The Balaban J connectivity index is 1.61. The molecular formula is C19H19FN6O2. The summed E-state index contributed by atoms with van der Waals surface area (Å²) >= 11 is 0. The van der Waals surface area contributed by atoms with Gasteiger partial charge in [-0.1, -0.05) is 0 Å². The number of fused-ring (bicyclic) bond motifs is 1. The Bertz CT molecular complexity index is 1080. The second kappa shape index (κ2) is 7.34. The zero-order valence-corrected chi connectivity index (χ0v) is 15.4. The van der Waals surface area contributed by atoms with Gasteiger partial charge < -0.3 is 9.80 Å². The fraction of sp³-hybridized carbons (Fsp3) is 0.316. The fourth-order valence-electron chi connectivity index (χ4n) is 3.36. The summed E-state index contributed by atoms with van der Waals surface area (Å²) in [4.78, 5) is 37.8. The summed E-state index contributed by atoms with van der Waals surface area (Å²) in [6, 6.07) is 5.70. The first-order valence-corrected chi connectivity index (χ1v) is 9.10. The highest BCUT2D eigenvalue weighted by atomic mass is 19.1. The Kier molecular flexibility index (Phi) is 4.72. The van der Waals surface area contributed by atoms with Crippen molar-refractivity contribution in [2.24, 2.45) is 0 Å². The molecule has 3 heterocycles. The molecule has 0 bridgehead atoms. The molecular weight excluding hydrogens is 363 g/mol. The van der Waals surface area contributed by atoms with E-state index in [0.29, 0.717) is 44.2 Å². The Morgan fingerprint density at radius 3 is 2.54 bits per heavy atom. The summed E-state index contributed by atoms with van der Waals surface area (Å²) in [5, 5.41) is 4.42. The van der Waals surface area contributed by atoms with Gasteiger partial charge in [-0.2, -0.15) is 5.10 Å². The molecule has 28 heavy (non-hydrogen) atoms. The number of hydrogen-bond acceptors (Lipinski definition) is 6. The minimum Gasteiger partial charge on any atom is -0.337 e. The van der Waals surface area contributed by atoms with Crippen LogP contribution in [0.3, 0.4) is 0 Å². The van der Waals surface area contributed by atoms with Gasteiger partial charge in [-0.05, 0) is 31.2 Å². The molecule has 9 heteroatoms. The van der Waals surface area contributed by atoms with Crippen molar-refractivity contribution < 1.29 is 9.18 Å². The number of piperazine rings is 1. The second-order valence-corrected chi connectivity index (χ2v) is 6.48. The van der Waals surface area contributed by atoms with Crippen LogP contribution in [0.1, 0.15) is 17.4 Å². The van der Waals surface area contributed by atoms with Crippen LogP contribution in [0.4, 0.5) is 10.3 Å². The molecule has 0 unspecified atom stereocenters. The van der Waals surface area contributed by atoms with Gasteiger partial charge in [0.25, 0.3) is 5.91 Å². The largest absolute Gasteiger partial charge is 0.337 e. The first-order chi connectivity index (χ1) is 13.6. The SMILES string of the molecule is CCn1nc(C(=O)N2CCN(c3ncccn3)CC2)c(=O)c2cc(F)ccc21. The first kappa shape index (κ1) is 18.0. The van der Waals surface area contributed by atoms with Crippen molar-refractivity contribution in [2.45, 2.75) is 13.5 Å². The van der Waals surface area contributed by atoms with Crippen LogP contribution in [-0.2, 0) is 6.54 Å². The van der Waals surface area contributed by atoms with Gasteiger partial charge in [0, 0.05) is 45.1 Å². The summed E-state index contributed by atoms with van der Waals surface area (Å²) in [6.07, 6.45) is 3.34. The molecule has 0 radical (unpaired) electrons. The van der Waals surface area contributed by atoms with Crippen molar-refractivity contribution in [2.75, 3.05) is 31.1 Å². The number of aromatic nitrogens is 4. The lowest BCUT2D eigenvalue weighted by Gasteiger charge is -2.34. The number of benzene rings is 1. The van der Waals surface area contributed by atoms with Crippen LogP contribution in [0.25, 0.3) is 10.9 Å². The number of rotatable bonds is 3. The van der Waals surface area contributed by atoms with E-state index in [1.165, 1.54) is 12.1 Å². The fourth-order valence-corrected chi connectivity index (χ4v) is 3.36. The smallest absolute Gasteiger partial charge is 0.278 e. The molecule has 1 aromatic carbocycles. The molecule has 0 spiro atoms. The summed E-state index contributed by atoms with van der Waals surface area (Å²) in [5.41, 5.74) is -0.209. The summed E-state index contributed by atoms with van der Waals surface area (Å²) in [6.45, 7) is 4.27. The van der Waals surface area contributed by atoms with Crippen molar-refractivity contribution in [3.8, 4) is 0 Å². The lowest BCUT2D eigenvalue weighted by atomic mass is 10.1. The Morgan fingerprint density at radius 1 is 1.14 bits per heavy atom. The molecule has 4 rings (SSSR count). The molecule has 144 valence electrons. The van der Waals surface area contributed by atoms with Gasteiger partial charge in [0.15, 0.2) is 5.69 Å². The molecule has 1 saturated heterocycles. The van der Waals surface area contributed by atoms with Crippen LogP contribution < -0.4 is 10.3 Å². The molecule has 0 atom stereocenters. The predicted octanol–water partition coefficient (Wildman–Crippen LogP) is 1.31.